The van der Waals surface area contributed by atoms with Gasteiger partial charge in [-0.15, -0.1) is 0 Å². The quantitative estimate of drug-likeness (QED) is 0.560. The van der Waals surface area contributed by atoms with E-state index in [1.54, 1.807) is 24.3 Å². The van der Waals surface area contributed by atoms with Crippen LogP contribution in [0.4, 0.5) is 5.82 Å². The lowest BCUT2D eigenvalue weighted by Crippen LogP contribution is -2.43. The number of likely N-dealkylation sites (tertiary alicyclic amines) is 1. The normalized spacial score (nSPS) is 19.1. The van der Waals surface area contributed by atoms with Crippen LogP contribution in [0.1, 0.15) is 47.3 Å². The molecular weight excluding hydrogens is 404 g/mol. The predicted octanol–water partition coefficient (Wildman–Crippen LogP) is 2.97. The monoisotopic (exact) mass is 436 g/mol. The highest BCUT2D eigenvalue weighted by Gasteiger charge is 2.26. The Kier molecular flexibility index (Phi) is 7.37. The van der Waals surface area contributed by atoms with Crippen molar-refractivity contribution >= 4 is 17.7 Å². The Hall–Kier alpha value is -2.93. The summed E-state index contributed by atoms with van der Waals surface area (Å²) in [6, 6.07) is 12.2. The molecule has 0 saturated carbocycles. The summed E-state index contributed by atoms with van der Waals surface area (Å²) in [5.74, 6) is 0.323. The first-order valence-electron chi connectivity index (χ1n) is 11.6. The van der Waals surface area contributed by atoms with Crippen molar-refractivity contribution in [2.24, 2.45) is 5.92 Å². The lowest BCUT2D eigenvalue weighted by molar-refractivity contribution is -0.139. The summed E-state index contributed by atoms with van der Waals surface area (Å²) in [6.45, 7) is 3.62. The zero-order valence-electron chi connectivity index (χ0n) is 18.4. The Balaban J connectivity index is 1.22. The molecule has 1 aromatic heterocycles. The zero-order chi connectivity index (χ0) is 22.3. The molecule has 0 spiro atoms. The molecule has 3 heterocycles. The summed E-state index contributed by atoms with van der Waals surface area (Å²) in [5, 5.41) is 15.6. The van der Waals surface area contributed by atoms with Gasteiger partial charge < -0.3 is 20.6 Å². The lowest BCUT2D eigenvalue weighted by atomic mass is 10.00. The molecule has 7 heteroatoms. The number of carboxylic acid groups (broad SMARTS) is 1. The summed E-state index contributed by atoms with van der Waals surface area (Å²) in [4.78, 5) is 31.1. The highest BCUT2D eigenvalue weighted by Crippen LogP contribution is 2.24. The molecule has 2 aromatic rings. The number of anilines is 1. The summed E-state index contributed by atoms with van der Waals surface area (Å²) in [5.41, 5.74) is 2.94. The minimum atomic E-state index is -0.989. The molecule has 0 aliphatic carbocycles. The first-order valence-corrected chi connectivity index (χ1v) is 11.6. The van der Waals surface area contributed by atoms with E-state index in [0.29, 0.717) is 24.4 Å². The van der Waals surface area contributed by atoms with Crippen LogP contribution in [0.3, 0.4) is 0 Å². The zero-order valence-corrected chi connectivity index (χ0v) is 18.4. The van der Waals surface area contributed by atoms with Crippen molar-refractivity contribution < 1.29 is 14.7 Å². The average Bonchev–Trinajstić information content (AvgIpc) is 3.28. The van der Waals surface area contributed by atoms with E-state index in [2.05, 4.69) is 27.7 Å². The summed E-state index contributed by atoms with van der Waals surface area (Å²) in [7, 11) is 0. The predicted molar refractivity (Wildman–Crippen MR) is 124 cm³/mol. The molecule has 0 bridgehead atoms. The van der Waals surface area contributed by atoms with E-state index in [-0.39, 0.29) is 5.91 Å². The van der Waals surface area contributed by atoms with Crippen LogP contribution >= 0.6 is 0 Å². The summed E-state index contributed by atoms with van der Waals surface area (Å²) < 4.78 is 0. The number of hydrogen-bond donors (Lipinski definition) is 3. The number of rotatable bonds is 9. The first-order chi connectivity index (χ1) is 15.6. The molecule has 2 atom stereocenters. The van der Waals surface area contributed by atoms with Crippen LogP contribution in [0.2, 0.25) is 0 Å². The molecular formula is C25H32N4O3. The largest absolute Gasteiger partial charge is 0.480 e. The van der Waals surface area contributed by atoms with E-state index in [1.165, 1.54) is 12.0 Å². The van der Waals surface area contributed by atoms with Crippen molar-refractivity contribution in [1.82, 2.24) is 15.2 Å². The molecule has 7 nitrogen and oxygen atoms in total. The molecule has 32 heavy (non-hydrogen) atoms. The van der Waals surface area contributed by atoms with Crippen LogP contribution in [0, 0.1) is 5.92 Å². The van der Waals surface area contributed by atoms with Crippen molar-refractivity contribution in [3.05, 3.63) is 59.3 Å². The first kappa shape index (κ1) is 22.3. The van der Waals surface area contributed by atoms with E-state index >= 15 is 0 Å². The fourth-order valence-electron chi connectivity index (χ4n) is 4.61. The second kappa shape index (κ2) is 10.6. The number of pyridine rings is 1. The van der Waals surface area contributed by atoms with Crippen molar-refractivity contribution in [3.63, 3.8) is 0 Å². The van der Waals surface area contributed by atoms with Crippen LogP contribution in [-0.4, -0.2) is 59.1 Å². The van der Waals surface area contributed by atoms with E-state index < -0.39 is 12.0 Å². The molecule has 4 rings (SSSR count). The fourth-order valence-corrected chi connectivity index (χ4v) is 4.61. The molecule has 1 aromatic carbocycles. The SMILES string of the molecule is O=C(N[C@@H](CCN1CC[C@@H](CCc2ccc3c(n2)NCCC3)C1)C(=O)O)c1ccccc1. The van der Waals surface area contributed by atoms with Gasteiger partial charge in [0.25, 0.3) is 5.91 Å². The number of carbonyl (C=O) groups excluding carboxylic acids is 1. The number of nitrogens with one attached hydrogen (secondary N) is 2. The summed E-state index contributed by atoms with van der Waals surface area (Å²) in [6.07, 6.45) is 5.87. The van der Waals surface area contributed by atoms with E-state index in [4.69, 9.17) is 4.98 Å². The molecule has 2 aliphatic heterocycles. The fraction of sp³-hybridized carbons (Fsp3) is 0.480. The molecule has 2 aliphatic rings. The third-order valence-electron chi connectivity index (χ3n) is 6.50. The number of aryl methyl sites for hydroxylation is 2. The molecule has 0 radical (unpaired) electrons. The summed E-state index contributed by atoms with van der Waals surface area (Å²) >= 11 is 0. The highest BCUT2D eigenvalue weighted by atomic mass is 16.4. The lowest BCUT2D eigenvalue weighted by Gasteiger charge is -2.20. The maximum atomic E-state index is 12.3. The number of aliphatic carboxylic acids is 1. The third-order valence-corrected chi connectivity index (χ3v) is 6.50. The van der Waals surface area contributed by atoms with E-state index in [1.807, 2.05) is 6.07 Å². The van der Waals surface area contributed by atoms with Gasteiger partial charge >= 0.3 is 5.97 Å². The third kappa shape index (κ3) is 5.85. The van der Waals surface area contributed by atoms with Gasteiger partial charge in [-0.25, -0.2) is 9.78 Å². The van der Waals surface area contributed by atoms with Gasteiger partial charge in [-0.3, -0.25) is 4.79 Å². The number of fused-ring (bicyclic) bond motifs is 1. The molecule has 1 fully saturated rings. The Bertz CT molecular complexity index is 934. The van der Waals surface area contributed by atoms with Crippen molar-refractivity contribution in [3.8, 4) is 0 Å². The van der Waals surface area contributed by atoms with Crippen LogP contribution in [0.15, 0.2) is 42.5 Å². The molecule has 170 valence electrons. The van der Waals surface area contributed by atoms with E-state index in [9.17, 15) is 14.7 Å². The number of benzene rings is 1. The van der Waals surface area contributed by atoms with E-state index in [0.717, 1.165) is 56.8 Å². The van der Waals surface area contributed by atoms with Gasteiger partial charge in [0.1, 0.15) is 11.9 Å². The molecule has 0 unspecified atom stereocenters. The minimum Gasteiger partial charge on any atom is -0.480 e. The molecule has 1 saturated heterocycles. The van der Waals surface area contributed by atoms with Crippen molar-refractivity contribution in [1.29, 1.82) is 0 Å². The molecule has 1 amide bonds. The standard InChI is InChI=1S/C25H32N4O3/c30-24(20-5-2-1-3-6-20)28-22(25(31)32)13-16-29-15-12-18(17-29)8-10-21-11-9-19-7-4-14-26-23(19)27-21/h1-3,5-6,9,11,18,22H,4,7-8,10,12-17H2,(H,26,27)(H,28,30)(H,31,32)/t18-,22+/m1/s1. The second-order valence-corrected chi connectivity index (χ2v) is 8.85. The van der Waals surface area contributed by atoms with Crippen LogP contribution in [-0.2, 0) is 17.6 Å². The Morgan fingerprint density at radius 1 is 1.22 bits per heavy atom. The number of nitrogens with zero attached hydrogens (tertiary/aromatic N) is 2. The molecule has 3 N–H and O–H groups in total. The smallest absolute Gasteiger partial charge is 0.326 e. The van der Waals surface area contributed by atoms with Gasteiger partial charge in [0.15, 0.2) is 0 Å². The Morgan fingerprint density at radius 3 is 2.88 bits per heavy atom. The number of hydrogen-bond acceptors (Lipinski definition) is 5. The number of carboxylic acids is 1. The topological polar surface area (TPSA) is 94.6 Å². The van der Waals surface area contributed by atoms with Gasteiger partial charge in [-0.2, -0.15) is 0 Å². The van der Waals surface area contributed by atoms with Crippen molar-refractivity contribution in [2.75, 3.05) is 31.5 Å². The average molecular weight is 437 g/mol. The second-order valence-electron chi connectivity index (χ2n) is 8.85. The minimum absolute atomic E-state index is 0.343. The number of aromatic nitrogens is 1. The maximum Gasteiger partial charge on any atom is 0.326 e. The number of carbonyl (C=O) groups is 2. The van der Waals surface area contributed by atoms with Crippen LogP contribution in [0.5, 0.6) is 0 Å². The van der Waals surface area contributed by atoms with Gasteiger partial charge in [-0.05, 0) is 74.8 Å². The Morgan fingerprint density at radius 2 is 2.06 bits per heavy atom. The van der Waals surface area contributed by atoms with Gasteiger partial charge in [-0.1, -0.05) is 24.3 Å². The highest BCUT2D eigenvalue weighted by molar-refractivity contribution is 5.96. The van der Waals surface area contributed by atoms with Crippen LogP contribution in [0.25, 0.3) is 0 Å². The van der Waals surface area contributed by atoms with Crippen LogP contribution < -0.4 is 10.6 Å². The van der Waals surface area contributed by atoms with Gasteiger partial charge in [0, 0.05) is 30.9 Å². The number of amides is 1. The maximum absolute atomic E-state index is 12.3. The van der Waals surface area contributed by atoms with Gasteiger partial charge in [0.05, 0.1) is 0 Å². The van der Waals surface area contributed by atoms with Crippen molar-refractivity contribution in [2.45, 2.75) is 44.6 Å². The van der Waals surface area contributed by atoms with Gasteiger partial charge in [0.2, 0.25) is 0 Å². The Labute approximate surface area is 189 Å².